The van der Waals surface area contributed by atoms with Crippen LogP contribution in [0.2, 0.25) is 0 Å². The second kappa shape index (κ2) is 11.2. The lowest BCUT2D eigenvalue weighted by atomic mass is 9.90. The Morgan fingerprint density at radius 1 is 0.829 bits per heavy atom. The van der Waals surface area contributed by atoms with Crippen LogP contribution in [0.15, 0.2) is 61.2 Å². The van der Waals surface area contributed by atoms with Crippen molar-refractivity contribution in [2.75, 3.05) is 6.61 Å². The molecule has 1 fully saturated rings. The maximum atomic E-state index is 15.1. The van der Waals surface area contributed by atoms with Crippen LogP contribution in [0.3, 0.4) is 0 Å². The molecule has 5 heteroatoms. The smallest absolute Gasteiger partial charge is 0.167 e. The number of aryl methyl sites for hydroxylation is 1. The summed E-state index contributed by atoms with van der Waals surface area (Å²) >= 11 is 0. The van der Waals surface area contributed by atoms with Crippen LogP contribution in [-0.2, 0) is 11.2 Å². The van der Waals surface area contributed by atoms with Gasteiger partial charge in [0.2, 0.25) is 0 Å². The lowest BCUT2D eigenvalue weighted by molar-refractivity contribution is -0.0210. The van der Waals surface area contributed by atoms with Crippen LogP contribution in [-0.4, -0.2) is 6.61 Å². The zero-order valence-corrected chi connectivity index (χ0v) is 19.9. The number of hydrogen-bond donors (Lipinski definition) is 0. The highest BCUT2D eigenvalue weighted by atomic mass is 19.2. The third-order valence-electron chi connectivity index (χ3n) is 6.80. The molecule has 35 heavy (non-hydrogen) atoms. The van der Waals surface area contributed by atoms with E-state index in [1.807, 2.05) is 13.0 Å². The third kappa shape index (κ3) is 5.35. The molecule has 4 rings (SSSR count). The Morgan fingerprint density at radius 2 is 1.46 bits per heavy atom. The largest absolute Gasteiger partial charge is 0.373 e. The molecule has 2 atom stereocenters. The number of halogens is 4. The molecular formula is C30H30F4O. The molecule has 2 unspecified atom stereocenters. The second-order valence-corrected chi connectivity index (χ2v) is 9.19. The van der Waals surface area contributed by atoms with Crippen molar-refractivity contribution in [2.24, 2.45) is 5.92 Å². The highest BCUT2D eigenvalue weighted by Crippen LogP contribution is 2.37. The summed E-state index contributed by atoms with van der Waals surface area (Å²) in [6.07, 6.45) is 6.05. The SMILES string of the molecule is C=CCCC1CCC(c2ccc(-c3ccc(-c4ccc(CCC)c(F)c4F)cc3)c(F)c2F)OC1. The summed E-state index contributed by atoms with van der Waals surface area (Å²) in [7, 11) is 0. The molecule has 1 nitrogen and oxygen atoms in total. The van der Waals surface area contributed by atoms with Gasteiger partial charge in [0, 0.05) is 16.7 Å². The van der Waals surface area contributed by atoms with Gasteiger partial charge in [0.15, 0.2) is 23.3 Å². The van der Waals surface area contributed by atoms with Gasteiger partial charge >= 0.3 is 0 Å². The molecule has 1 aliphatic heterocycles. The van der Waals surface area contributed by atoms with E-state index in [-0.39, 0.29) is 16.7 Å². The number of allylic oxidation sites excluding steroid dienone is 1. The average Bonchev–Trinajstić information content (AvgIpc) is 2.88. The molecule has 1 saturated heterocycles. The molecule has 0 radical (unpaired) electrons. The average molecular weight is 483 g/mol. The highest BCUT2D eigenvalue weighted by molar-refractivity contribution is 5.71. The molecule has 0 N–H and O–H groups in total. The molecule has 0 aliphatic carbocycles. The number of hydrogen-bond acceptors (Lipinski definition) is 1. The van der Waals surface area contributed by atoms with E-state index in [4.69, 9.17) is 4.74 Å². The summed E-state index contributed by atoms with van der Waals surface area (Å²) in [4.78, 5) is 0. The molecule has 184 valence electrons. The van der Waals surface area contributed by atoms with Gasteiger partial charge in [-0.2, -0.15) is 0 Å². The summed E-state index contributed by atoms with van der Waals surface area (Å²) in [5.74, 6) is -3.16. The zero-order chi connectivity index (χ0) is 24.9. The summed E-state index contributed by atoms with van der Waals surface area (Å²) in [5.41, 5.74) is 1.74. The predicted molar refractivity (Wildman–Crippen MR) is 132 cm³/mol. The van der Waals surface area contributed by atoms with Gasteiger partial charge < -0.3 is 4.74 Å². The molecule has 3 aromatic carbocycles. The van der Waals surface area contributed by atoms with Gasteiger partial charge in [-0.3, -0.25) is 0 Å². The summed E-state index contributed by atoms with van der Waals surface area (Å²) in [6, 6.07) is 12.6. The van der Waals surface area contributed by atoms with Gasteiger partial charge in [-0.1, -0.05) is 68.0 Å². The first kappa shape index (κ1) is 25.2. The van der Waals surface area contributed by atoms with Gasteiger partial charge in [0.1, 0.15) is 0 Å². The van der Waals surface area contributed by atoms with Gasteiger partial charge in [-0.05, 0) is 54.7 Å². The van der Waals surface area contributed by atoms with E-state index in [9.17, 15) is 8.78 Å². The van der Waals surface area contributed by atoms with E-state index in [1.165, 1.54) is 0 Å². The van der Waals surface area contributed by atoms with Crippen molar-refractivity contribution >= 4 is 0 Å². The standard InChI is InChI=1S/C30H30F4O/c1-3-5-7-19-8-17-26(35-18-19)25-16-15-24(29(33)30(25)34)21-11-9-20(10-12-21)23-14-13-22(6-4-2)27(31)28(23)32/h3,9-16,19,26H,1,4-8,17-18H2,2H3. The van der Waals surface area contributed by atoms with E-state index < -0.39 is 29.4 Å². The zero-order valence-electron chi connectivity index (χ0n) is 19.9. The molecule has 1 aliphatic rings. The summed E-state index contributed by atoms with van der Waals surface area (Å²) in [6.45, 7) is 6.17. The van der Waals surface area contributed by atoms with E-state index in [1.54, 1.807) is 48.5 Å². The normalized spacial score (nSPS) is 18.0. The van der Waals surface area contributed by atoms with Crippen LogP contribution in [0.1, 0.15) is 56.3 Å². The Morgan fingerprint density at radius 3 is 2.03 bits per heavy atom. The van der Waals surface area contributed by atoms with Crippen molar-refractivity contribution in [1.29, 1.82) is 0 Å². The minimum Gasteiger partial charge on any atom is -0.373 e. The molecule has 0 aromatic heterocycles. The third-order valence-corrected chi connectivity index (χ3v) is 6.80. The fraction of sp³-hybridized carbons (Fsp3) is 0.333. The molecule has 0 saturated carbocycles. The van der Waals surface area contributed by atoms with E-state index >= 15 is 8.78 Å². The fourth-order valence-corrected chi connectivity index (χ4v) is 4.77. The van der Waals surface area contributed by atoms with E-state index in [2.05, 4.69) is 6.58 Å². The molecule has 0 amide bonds. The Balaban J connectivity index is 1.53. The van der Waals surface area contributed by atoms with Crippen molar-refractivity contribution in [1.82, 2.24) is 0 Å². The van der Waals surface area contributed by atoms with Crippen LogP contribution >= 0.6 is 0 Å². The lowest BCUT2D eigenvalue weighted by Crippen LogP contribution is -2.21. The summed E-state index contributed by atoms with van der Waals surface area (Å²) in [5, 5.41) is 0. The van der Waals surface area contributed by atoms with Crippen LogP contribution < -0.4 is 0 Å². The van der Waals surface area contributed by atoms with Gasteiger partial charge in [0.25, 0.3) is 0 Å². The van der Waals surface area contributed by atoms with E-state index in [0.29, 0.717) is 48.5 Å². The van der Waals surface area contributed by atoms with Crippen LogP contribution in [0, 0.1) is 29.2 Å². The van der Waals surface area contributed by atoms with Gasteiger partial charge in [-0.25, -0.2) is 17.6 Å². The quantitative estimate of drug-likeness (QED) is 0.230. The number of ether oxygens (including phenoxy) is 1. The molecular weight excluding hydrogens is 452 g/mol. The minimum atomic E-state index is -0.936. The first-order chi connectivity index (χ1) is 16.9. The minimum absolute atomic E-state index is 0.113. The Hall–Kier alpha value is -2.92. The highest BCUT2D eigenvalue weighted by Gasteiger charge is 2.27. The van der Waals surface area contributed by atoms with Gasteiger partial charge in [0.05, 0.1) is 12.7 Å². The maximum Gasteiger partial charge on any atom is 0.167 e. The monoisotopic (exact) mass is 482 g/mol. The fourth-order valence-electron chi connectivity index (χ4n) is 4.77. The lowest BCUT2D eigenvalue weighted by Gasteiger charge is -2.29. The van der Waals surface area contributed by atoms with Crippen molar-refractivity contribution in [3.05, 3.63) is 95.6 Å². The Labute approximate surface area is 204 Å². The molecule has 3 aromatic rings. The van der Waals surface area contributed by atoms with Gasteiger partial charge in [-0.15, -0.1) is 6.58 Å². The molecule has 0 bridgehead atoms. The molecule has 1 heterocycles. The van der Waals surface area contributed by atoms with Crippen molar-refractivity contribution in [2.45, 2.75) is 51.6 Å². The van der Waals surface area contributed by atoms with Crippen LogP contribution in [0.25, 0.3) is 22.3 Å². The first-order valence-electron chi connectivity index (χ1n) is 12.2. The van der Waals surface area contributed by atoms with Crippen molar-refractivity contribution in [3.63, 3.8) is 0 Å². The maximum absolute atomic E-state index is 15.1. The van der Waals surface area contributed by atoms with Crippen molar-refractivity contribution in [3.8, 4) is 22.3 Å². The Kier molecular flexibility index (Phi) is 8.07. The Bertz CT molecular complexity index is 1180. The van der Waals surface area contributed by atoms with Crippen LogP contribution in [0.4, 0.5) is 17.6 Å². The topological polar surface area (TPSA) is 9.23 Å². The second-order valence-electron chi connectivity index (χ2n) is 9.19. The van der Waals surface area contributed by atoms with Crippen LogP contribution in [0.5, 0.6) is 0 Å². The number of benzene rings is 3. The number of rotatable bonds is 8. The van der Waals surface area contributed by atoms with E-state index in [0.717, 1.165) is 19.3 Å². The van der Waals surface area contributed by atoms with Crippen molar-refractivity contribution < 1.29 is 22.3 Å². The predicted octanol–water partition coefficient (Wildman–Crippen LogP) is 8.96. The summed E-state index contributed by atoms with van der Waals surface area (Å²) < 4.78 is 64.9. The molecule has 0 spiro atoms. The first-order valence-corrected chi connectivity index (χ1v) is 12.2.